The van der Waals surface area contributed by atoms with Crippen LogP contribution < -0.4 is 14.9 Å². The van der Waals surface area contributed by atoms with Crippen molar-refractivity contribution in [2.45, 2.75) is 27.4 Å². The second kappa shape index (κ2) is 11.2. The average Bonchev–Trinajstić information content (AvgIpc) is 2.79. The van der Waals surface area contributed by atoms with E-state index in [1.807, 2.05) is 38.1 Å². The van der Waals surface area contributed by atoms with E-state index in [-0.39, 0.29) is 12.5 Å². The summed E-state index contributed by atoms with van der Waals surface area (Å²) < 4.78 is 12.1. The number of hydrazone groups is 1. The standard InChI is InChI=1S/C25H24BrClN2O3/c1-16-4-6-20(7-5-16)14-31-21-10-8-19(9-11-21)13-28-29-23(30)15-32-22-12-17(2)25(27)18(3)24(22)26/h4-13H,14-15H2,1-3H3,(H,29,30)/b28-13+. The quantitative estimate of drug-likeness (QED) is 0.290. The Morgan fingerprint density at radius 1 is 1.06 bits per heavy atom. The van der Waals surface area contributed by atoms with Crippen LogP contribution in [0.1, 0.15) is 27.8 Å². The number of benzene rings is 3. The molecule has 0 aliphatic carbocycles. The van der Waals surface area contributed by atoms with Gasteiger partial charge in [-0.05, 0) is 89.3 Å². The van der Waals surface area contributed by atoms with E-state index < -0.39 is 0 Å². The molecule has 0 heterocycles. The molecule has 3 rings (SSSR count). The van der Waals surface area contributed by atoms with Gasteiger partial charge in [-0.25, -0.2) is 5.43 Å². The number of hydrogen-bond acceptors (Lipinski definition) is 4. The van der Waals surface area contributed by atoms with Gasteiger partial charge in [0.05, 0.1) is 10.7 Å². The maximum Gasteiger partial charge on any atom is 0.277 e. The lowest BCUT2D eigenvalue weighted by Crippen LogP contribution is -2.24. The molecule has 0 bridgehead atoms. The van der Waals surface area contributed by atoms with Gasteiger partial charge in [-0.1, -0.05) is 41.4 Å². The van der Waals surface area contributed by atoms with Crippen LogP contribution in [0.4, 0.5) is 0 Å². The summed E-state index contributed by atoms with van der Waals surface area (Å²) in [5.41, 5.74) is 7.38. The lowest BCUT2D eigenvalue weighted by Gasteiger charge is -2.12. The van der Waals surface area contributed by atoms with Gasteiger partial charge in [0.25, 0.3) is 5.91 Å². The van der Waals surface area contributed by atoms with E-state index in [1.54, 1.807) is 12.3 Å². The average molecular weight is 516 g/mol. The highest BCUT2D eigenvalue weighted by Crippen LogP contribution is 2.35. The summed E-state index contributed by atoms with van der Waals surface area (Å²) in [6.07, 6.45) is 1.56. The molecule has 0 aromatic heterocycles. The third-order valence-electron chi connectivity index (χ3n) is 4.74. The molecule has 0 aliphatic heterocycles. The smallest absolute Gasteiger partial charge is 0.277 e. The van der Waals surface area contributed by atoms with Gasteiger partial charge in [-0.2, -0.15) is 5.10 Å². The highest BCUT2D eigenvalue weighted by Gasteiger charge is 2.12. The second-order valence-electron chi connectivity index (χ2n) is 7.37. The first-order chi connectivity index (χ1) is 15.3. The van der Waals surface area contributed by atoms with Crippen LogP contribution in [0.5, 0.6) is 11.5 Å². The van der Waals surface area contributed by atoms with E-state index in [2.05, 4.69) is 57.6 Å². The molecule has 3 aromatic carbocycles. The maximum absolute atomic E-state index is 12.0. The molecule has 0 atom stereocenters. The number of rotatable bonds is 8. The normalized spacial score (nSPS) is 10.9. The van der Waals surface area contributed by atoms with Crippen LogP contribution in [0.2, 0.25) is 5.02 Å². The van der Waals surface area contributed by atoms with Crippen LogP contribution in [0.25, 0.3) is 0 Å². The maximum atomic E-state index is 12.0. The van der Waals surface area contributed by atoms with Gasteiger partial charge in [0.1, 0.15) is 18.1 Å². The third-order valence-corrected chi connectivity index (χ3v) is 6.30. The second-order valence-corrected chi connectivity index (χ2v) is 8.54. The Hall–Kier alpha value is -2.83. The van der Waals surface area contributed by atoms with Crippen LogP contribution >= 0.6 is 27.5 Å². The summed E-state index contributed by atoms with van der Waals surface area (Å²) in [5, 5.41) is 4.65. The van der Waals surface area contributed by atoms with Crippen molar-refractivity contribution in [3.63, 3.8) is 0 Å². The number of amides is 1. The van der Waals surface area contributed by atoms with Crippen molar-refractivity contribution in [1.29, 1.82) is 0 Å². The highest BCUT2D eigenvalue weighted by atomic mass is 79.9. The molecule has 0 spiro atoms. The molecule has 0 aliphatic rings. The summed E-state index contributed by atoms with van der Waals surface area (Å²) in [6.45, 7) is 6.17. The number of aryl methyl sites for hydroxylation is 2. The predicted octanol–water partition coefficient (Wildman–Crippen LogP) is 6.14. The van der Waals surface area contributed by atoms with Crippen molar-refractivity contribution in [2.75, 3.05) is 6.61 Å². The fourth-order valence-corrected chi connectivity index (χ4v) is 3.55. The molecule has 5 nitrogen and oxygen atoms in total. The molecular formula is C25H24BrClN2O3. The number of nitrogens with one attached hydrogen (secondary N) is 1. The Morgan fingerprint density at radius 2 is 1.75 bits per heavy atom. The van der Waals surface area contributed by atoms with E-state index >= 15 is 0 Å². The lowest BCUT2D eigenvalue weighted by atomic mass is 10.1. The largest absolute Gasteiger partial charge is 0.489 e. The molecular weight excluding hydrogens is 492 g/mol. The van der Waals surface area contributed by atoms with Crippen LogP contribution in [-0.2, 0) is 11.4 Å². The topological polar surface area (TPSA) is 59.9 Å². The fourth-order valence-electron chi connectivity index (χ4n) is 2.86. The minimum Gasteiger partial charge on any atom is -0.489 e. The van der Waals surface area contributed by atoms with Crippen molar-refractivity contribution in [3.8, 4) is 11.5 Å². The first-order valence-corrected chi connectivity index (χ1v) is 11.2. The molecule has 7 heteroatoms. The van der Waals surface area contributed by atoms with Crippen molar-refractivity contribution in [3.05, 3.63) is 91.9 Å². The lowest BCUT2D eigenvalue weighted by molar-refractivity contribution is -0.123. The van der Waals surface area contributed by atoms with Crippen molar-refractivity contribution in [2.24, 2.45) is 5.10 Å². The molecule has 0 unspecified atom stereocenters. The Balaban J connectivity index is 1.46. The zero-order valence-electron chi connectivity index (χ0n) is 18.1. The van der Waals surface area contributed by atoms with E-state index in [0.717, 1.165) is 32.5 Å². The fraction of sp³-hybridized carbons (Fsp3) is 0.200. The minimum atomic E-state index is -0.364. The molecule has 1 N–H and O–H groups in total. The van der Waals surface area contributed by atoms with E-state index in [1.165, 1.54) is 5.56 Å². The van der Waals surface area contributed by atoms with E-state index in [0.29, 0.717) is 17.4 Å². The molecule has 0 saturated heterocycles. The SMILES string of the molecule is Cc1ccc(COc2ccc(/C=N/NC(=O)COc3cc(C)c(Cl)c(C)c3Br)cc2)cc1. The van der Waals surface area contributed by atoms with Crippen molar-refractivity contribution < 1.29 is 14.3 Å². The molecule has 0 fully saturated rings. The predicted molar refractivity (Wildman–Crippen MR) is 132 cm³/mol. The summed E-state index contributed by atoms with van der Waals surface area (Å²) >= 11 is 9.66. The van der Waals surface area contributed by atoms with Crippen molar-refractivity contribution in [1.82, 2.24) is 5.43 Å². The van der Waals surface area contributed by atoms with Gasteiger partial charge in [-0.15, -0.1) is 0 Å². The zero-order valence-corrected chi connectivity index (χ0v) is 20.5. The number of carbonyl (C=O) groups is 1. The summed E-state index contributed by atoms with van der Waals surface area (Å²) in [4.78, 5) is 12.0. The van der Waals surface area contributed by atoms with Crippen molar-refractivity contribution >= 4 is 39.7 Å². The van der Waals surface area contributed by atoms with Crippen LogP contribution in [0, 0.1) is 20.8 Å². The number of carbonyl (C=O) groups excluding carboxylic acids is 1. The molecule has 0 saturated carbocycles. The third kappa shape index (κ3) is 6.58. The minimum absolute atomic E-state index is 0.164. The molecule has 0 radical (unpaired) electrons. The molecule has 32 heavy (non-hydrogen) atoms. The first-order valence-electron chi connectivity index (χ1n) is 10.0. The number of halogens is 2. The molecule has 3 aromatic rings. The van der Waals surface area contributed by atoms with Gasteiger partial charge in [-0.3, -0.25) is 4.79 Å². The number of ether oxygens (including phenoxy) is 2. The Labute approximate surface area is 201 Å². The Morgan fingerprint density at radius 3 is 2.44 bits per heavy atom. The van der Waals surface area contributed by atoms with E-state index in [4.69, 9.17) is 21.1 Å². The summed E-state index contributed by atoms with van der Waals surface area (Å²) in [5.74, 6) is 0.959. The van der Waals surface area contributed by atoms with E-state index in [9.17, 15) is 4.79 Å². The highest BCUT2D eigenvalue weighted by molar-refractivity contribution is 9.10. The molecule has 166 valence electrons. The summed E-state index contributed by atoms with van der Waals surface area (Å²) in [7, 11) is 0. The summed E-state index contributed by atoms with van der Waals surface area (Å²) in [6, 6.07) is 17.5. The van der Waals surface area contributed by atoms with Gasteiger partial charge >= 0.3 is 0 Å². The van der Waals surface area contributed by atoms with Gasteiger partial charge in [0.2, 0.25) is 0 Å². The Kier molecular flexibility index (Phi) is 8.31. The van der Waals surface area contributed by atoms with Crippen LogP contribution in [-0.4, -0.2) is 18.7 Å². The van der Waals surface area contributed by atoms with Crippen LogP contribution in [0.3, 0.4) is 0 Å². The zero-order chi connectivity index (χ0) is 23.1. The molecule has 1 amide bonds. The van der Waals surface area contributed by atoms with Crippen LogP contribution in [0.15, 0.2) is 64.2 Å². The number of nitrogens with zero attached hydrogens (tertiary/aromatic N) is 1. The van der Waals surface area contributed by atoms with Gasteiger partial charge in [0.15, 0.2) is 6.61 Å². The first kappa shape index (κ1) is 23.8. The van der Waals surface area contributed by atoms with Gasteiger partial charge < -0.3 is 9.47 Å². The number of hydrogen-bond donors (Lipinski definition) is 1. The Bertz CT molecular complexity index is 1110. The van der Waals surface area contributed by atoms with Gasteiger partial charge in [0, 0.05) is 5.02 Å². The monoisotopic (exact) mass is 514 g/mol.